The Morgan fingerprint density at radius 1 is 1.42 bits per heavy atom. The van der Waals surface area contributed by atoms with Gasteiger partial charge >= 0.3 is 12.0 Å². The third-order valence-corrected chi connectivity index (χ3v) is 3.33. The molecule has 0 bridgehead atoms. The van der Waals surface area contributed by atoms with E-state index in [0.29, 0.717) is 26.2 Å². The number of nitrogens with zero attached hydrogens (tertiary/aromatic N) is 2. The fraction of sp³-hybridized carbons (Fsp3) is 0.846. The zero-order valence-electron chi connectivity index (χ0n) is 12.0. The normalized spacial score (nSPS) is 18.2. The maximum atomic E-state index is 12.4. The summed E-state index contributed by atoms with van der Waals surface area (Å²) in [6.07, 6.45) is 2.05. The molecule has 1 aliphatic rings. The van der Waals surface area contributed by atoms with Crippen molar-refractivity contribution in [2.24, 2.45) is 5.41 Å². The van der Waals surface area contributed by atoms with Crippen LogP contribution in [0.15, 0.2) is 0 Å². The number of ether oxygens (including phenoxy) is 1. The number of hydrogen-bond acceptors (Lipinski definition) is 3. The molecule has 1 saturated heterocycles. The van der Waals surface area contributed by atoms with Gasteiger partial charge in [0.1, 0.15) is 6.54 Å². The first kappa shape index (κ1) is 15.8. The van der Waals surface area contributed by atoms with Gasteiger partial charge in [0.05, 0.1) is 6.61 Å². The van der Waals surface area contributed by atoms with Gasteiger partial charge in [-0.25, -0.2) is 4.79 Å². The van der Waals surface area contributed by atoms with Crippen LogP contribution in [0, 0.1) is 5.41 Å². The fourth-order valence-electron chi connectivity index (χ4n) is 2.39. The predicted octanol–water partition coefficient (Wildman–Crippen LogP) is 1.26. The number of urea groups is 1. The Labute approximate surface area is 114 Å². The zero-order valence-corrected chi connectivity index (χ0v) is 12.0. The van der Waals surface area contributed by atoms with Gasteiger partial charge in [-0.1, -0.05) is 13.8 Å². The van der Waals surface area contributed by atoms with Crippen molar-refractivity contribution in [1.29, 1.82) is 0 Å². The van der Waals surface area contributed by atoms with Crippen LogP contribution in [0.2, 0.25) is 0 Å². The Morgan fingerprint density at radius 2 is 2.11 bits per heavy atom. The quantitative estimate of drug-likeness (QED) is 0.818. The highest BCUT2D eigenvalue weighted by Crippen LogP contribution is 2.28. The molecule has 1 N–H and O–H groups in total. The van der Waals surface area contributed by atoms with E-state index in [2.05, 4.69) is 13.8 Å². The van der Waals surface area contributed by atoms with Crippen LogP contribution in [-0.4, -0.2) is 66.8 Å². The molecule has 6 nitrogen and oxygen atoms in total. The Hall–Kier alpha value is -1.30. The van der Waals surface area contributed by atoms with Crippen molar-refractivity contribution in [3.63, 3.8) is 0 Å². The molecule has 0 saturated carbocycles. The number of hydrogen-bond donors (Lipinski definition) is 1. The smallest absolute Gasteiger partial charge is 0.323 e. The number of carboxylic acid groups (broad SMARTS) is 1. The summed E-state index contributed by atoms with van der Waals surface area (Å²) in [7, 11) is 1.54. The number of aliphatic carboxylic acids is 1. The van der Waals surface area contributed by atoms with E-state index in [0.717, 1.165) is 12.8 Å². The third-order valence-electron chi connectivity index (χ3n) is 3.33. The Balaban J connectivity index is 2.66. The van der Waals surface area contributed by atoms with E-state index in [-0.39, 0.29) is 18.0 Å². The minimum Gasteiger partial charge on any atom is -0.480 e. The molecule has 0 radical (unpaired) electrons. The van der Waals surface area contributed by atoms with Gasteiger partial charge in [-0.15, -0.1) is 0 Å². The molecule has 0 aromatic rings. The van der Waals surface area contributed by atoms with Crippen LogP contribution >= 0.6 is 0 Å². The van der Waals surface area contributed by atoms with Crippen molar-refractivity contribution < 1.29 is 19.4 Å². The van der Waals surface area contributed by atoms with Crippen molar-refractivity contribution in [1.82, 2.24) is 9.80 Å². The number of likely N-dealkylation sites (tertiary alicyclic amines) is 1. The molecule has 2 amide bonds. The van der Waals surface area contributed by atoms with Gasteiger partial charge < -0.3 is 19.6 Å². The minimum atomic E-state index is -0.999. The maximum absolute atomic E-state index is 12.4. The van der Waals surface area contributed by atoms with E-state index >= 15 is 0 Å². The largest absolute Gasteiger partial charge is 0.480 e. The van der Waals surface area contributed by atoms with E-state index < -0.39 is 5.97 Å². The van der Waals surface area contributed by atoms with Crippen LogP contribution in [-0.2, 0) is 9.53 Å². The molecule has 1 aliphatic heterocycles. The predicted molar refractivity (Wildman–Crippen MR) is 71.1 cm³/mol. The molecule has 0 aromatic carbocycles. The summed E-state index contributed by atoms with van der Waals surface area (Å²) >= 11 is 0. The lowest BCUT2D eigenvalue weighted by Crippen LogP contribution is -2.51. The van der Waals surface area contributed by atoms with Crippen LogP contribution in [0.3, 0.4) is 0 Å². The number of methoxy groups -OCH3 is 1. The summed E-state index contributed by atoms with van der Waals surface area (Å²) in [6, 6.07) is -0.202. The monoisotopic (exact) mass is 272 g/mol. The minimum absolute atomic E-state index is 0.101. The highest BCUT2D eigenvalue weighted by Gasteiger charge is 2.31. The van der Waals surface area contributed by atoms with E-state index in [1.165, 1.54) is 12.0 Å². The molecular formula is C13H24N2O4. The van der Waals surface area contributed by atoms with Gasteiger partial charge in [0.15, 0.2) is 0 Å². The number of rotatable bonds is 5. The van der Waals surface area contributed by atoms with Crippen LogP contribution < -0.4 is 0 Å². The maximum Gasteiger partial charge on any atom is 0.323 e. The SMILES string of the molecule is COCCN(CC(=O)O)C(=O)N1CCCC(C)(C)C1. The van der Waals surface area contributed by atoms with Crippen molar-refractivity contribution >= 4 is 12.0 Å². The summed E-state index contributed by atoms with van der Waals surface area (Å²) in [5, 5.41) is 8.88. The van der Waals surface area contributed by atoms with E-state index in [1.807, 2.05) is 0 Å². The van der Waals surface area contributed by atoms with Crippen LogP contribution in [0.4, 0.5) is 4.79 Å². The molecule has 1 heterocycles. The topological polar surface area (TPSA) is 70.1 Å². The lowest BCUT2D eigenvalue weighted by molar-refractivity contribution is -0.137. The summed E-state index contributed by atoms with van der Waals surface area (Å²) in [4.78, 5) is 26.3. The molecule has 1 rings (SSSR count). The lowest BCUT2D eigenvalue weighted by atomic mass is 9.84. The van der Waals surface area contributed by atoms with Crippen molar-refractivity contribution in [2.75, 3.05) is 39.9 Å². The van der Waals surface area contributed by atoms with Gasteiger partial charge in [-0.05, 0) is 18.3 Å². The van der Waals surface area contributed by atoms with Crippen LogP contribution in [0.25, 0.3) is 0 Å². The van der Waals surface area contributed by atoms with E-state index in [1.54, 1.807) is 4.90 Å². The van der Waals surface area contributed by atoms with Crippen LogP contribution in [0.1, 0.15) is 26.7 Å². The zero-order chi connectivity index (χ0) is 14.5. The van der Waals surface area contributed by atoms with E-state index in [9.17, 15) is 9.59 Å². The molecule has 0 unspecified atom stereocenters. The first-order chi connectivity index (χ1) is 8.85. The Bertz CT molecular complexity index is 331. The summed E-state index contributed by atoms with van der Waals surface area (Å²) in [5.41, 5.74) is 0.101. The van der Waals surface area contributed by atoms with Gasteiger partial charge in [0, 0.05) is 26.7 Å². The number of carbonyl (C=O) groups excluding carboxylic acids is 1. The first-order valence-electron chi connectivity index (χ1n) is 6.60. The first-order valence-corrected chi connectivity index (χ1v) is 6.60. The molecule has 0 aromatic heterocycles. The van der Waals surface area contributed by atoms with Crippen LogP contribution in [0.5, 0.6) is 0 Å². The average Bonchev–Trinajstić information content (AvgIpc) is 2.32. The van der Waals surface area contributed by atoms with Crippen molar-refractivity contribution in [2.45, 2.75) is 26.7 Å². The van der Waals surface area contributed by atoms with Gasteiger partial charge in [0.25, 0.3) is 0 Å². The number of carboxylic acids is 1. The second kappa shape index (κ2) is 6.75. The molecule has 0 atom stereocenters. The van der Waals surface area contributed by atoms with Gasteiger partial charge in [0.2, 0.25) is 0 Å². The standard InChI is InChI=1S/C13H24N2O4/c1-13(2)5-4-6-15(10-13)12(18)14(7-8-19-3)9-11(16)17/h4-10H2,1-3H3,(H,16,17). The molecule has 19 heavy (non-hydrogen) atoms. The van der Waals surface area contributed by atoms with Crippen molar-refractivity contribution in [3.8, 4) is 0 Å². The number of piperidine rings is 1. The highest BCUT2D eigenvalue weighted by molar-refractivity contribution is 5.80. The molecule has 6 heteroatoms. The molecule has 0 spiro atoms. The lowest BCUT2D eigenvalue weighted by Gasteiger charge is -2.40. The molecule has 0 aliphatic carbocycles. The summed E-state index contributed by atoms with van der Waals surface area (Å²) in [5.74, 6) is -0.999. The molecule has 110 valence electrons. The third kappa shape index (κ3) is 5.06. The fourth-order valence-corrected chi connectivity index (χ4v) is 2.39. The second-order valence-electron chi connectivity index (χ2n) is 5.78. The molecular weight excluding hydrogens is 248 g/mol. The molecule has 1 fully saturated rings. The average molecular weight is 272 g/mol. The summed E-state index contributed by atoms with van der Waals surface area (Å²) in [6.45, 7) is 6.00. The van der Waals surface area contributed by atoms with Gasteiger partial charge in [-0.3, -0.25) is 4.79 Å². The second-order valence-corrected chi connectivity index (χ2v) is 5.78. The summed E-state index contributed by atoms with van der Waals surface area (Å²) < 4.78 is 4.93. The Morgan fingerprint density at radius 3 is 2.63 bits per heavy atom. The van der Waals surface area contributed by atoms with Gasteiger partial charge in [-0.2, -0.15) is 0 Å². The number of carbonyl (C=O) groups is 2. The number of amides is 2. The van der Waals surface area contributed by atoms with Crippen molar-refractivity contribution in [3.05, 3.63) is 0 Å². The highest BCUT2D eigenvalue weighted by atomic mass is 16.5. The Kier molecular flexibility index (Phi) is 5.60. The van der Waals surface area contributed by atoms with E-state index in [4.69, 9.17) is 9.84 Å².